The Labute approximate surface area is 252 Å². The Morgan fingerprint density at radius 2 is 1.76 bits per heavy atom. The van der Waals surface area contributed by atoms with Gasteiger partial charge in [0.05, 0.1) is 17.0 Å². The van der Waals surface area contributed by atoms with Gasteiger partial charge in [0.2, 0.25) is 5.91 Å². The molecule has 2 amide bonds. The van der Waals surface area contributed by atoms with Crippen LogP contribution in [0, 0.1) is 17.5 Å². The third-order valence-corrected chi connectivity index (χ3v) is 8.15. The first-order valence-corrected chi connectivity index (χ1v) is 14.0. The maximum Gasteiger partial charge on any atom is 0.435 e. The second kappa shape index (κ2) is 11.2. The fraction of sp³-hybridized carbons (Fsp3) is 0.250. The van der Waals surface area contributed by atoms with E-state index >= 15 is 0 Å². The minimum absolute atomic E-state index is 0.00263. The number of amides is 2. The number of hydrogen-bond donors (Lipinski definition) is 2. The van der Waals surface area contributed by atoms with Gasteiger partial charge < -0.3 is 11.1 Å². The van der Waals surface area contributed by atoms with Gasteiger partial charge in [0.1, 0.15) is 24.0 Å². The lowest BCUT2D eigenvalue weighted by Gasteiger charge is -2.24. The van der Waals surface area contributed by atoms with Gasteiger partial charge in [0.15, 0.2) is 5.69 Å². The van der Waals surface area contributed by atoms with Gasteiger partial charge in [-0.05, 0) is 85.1 Å². The van der Waals surface area contributed by atoms with Gasteiger partial charge in [0, 0.05) is 29.1 Å². The molecule has 1 fully saturated rings. The summed E-state index contributed by atoms with van der Waals surface area (Å²) in [7, 11) is 0. The molecule has 2 aliphatic rings. The normalized spacial score (nSPS) is 15.6. The van der Waals surface area contributed by atoms with Crippen molar-refractivity contribution in [2.24, 2.45) is 5.73 Å². The zero-order valence-corrected chi connectivity index (χ0v) is 23.5. The lowest BCUT2D eigenvalue weighted by atomic mass is 9.82. The fourth-order valence-electron chi connectivity index (χ4n) is 6.06. The quantitative estimate of drug-likeness (QED) is 0.240. The van der Waals surface area contributed by atoms with E-state index in [1.54, 1.807) is 6.07 Å². The number of primary amides is 1. The summed E-state index contributed by atoms with van der Waals surface area (Å²) in [6, 6.07) is 9.36. The molecule has 232 valence electrons. The Hall–Kier alpha value is -4.94. The predicted molar refractivity (Wildman–Crippen MR) is 152 cm³/mol. The molecule has 0 radical (unpaired) electrons. The van der Waals surface area contributed by atoms with Gasteiger partial charge >= 0.3 is 6.18 Å². The Morgan fingerprint density at radius 3 is 2.42 bits per heavy atom. The van der Waals surface area contributed by atoms with E-state index in [1.165, 1.54) is 30.5 Å². The number of nitrogens with two attached hydrogens (primary N) is 1. The van der Waals surface area contributed by atoms with Crippen molar-refractivity contribution in [1.29, 1.82) is 0 Å². The molecular formula is C32H25F6N5O2. The predicted octanol–water partition coefficient (Wildman–Crippen LogP) is 6.16. The number of fused-ring (bicyclic) bond motifs is 2. The molecule has 3 N–H and O–H groups in total. The highest BCUT2D eigenvalue weighted by Gasteiger charge is 2.54. The Morgan fingerprint density at radius 1 is 1.02 bits per heavy atom. The summed E-state index contributed by atoms with van der Waals surface area (Å²) < 4.78 is 85.6. The first kappa shape index (κ1) is 30.1. The van der Waals surface area contributed by atoms with Crippen molar-refractivity contribution in [1.82, 2.24) is 20.1 Å². The summed E-state index contributed by atoms with van der Waals surface area (Å²) in [6.07, 6.45) is 0.786. The number of rotatable bonds is 7. The van der Waals surface area contributed by atoms with E-state index in [0.717, 1.165) is 22.9 Å². The lowest BCUT2D eigenvalue weighted by molar-refractivity contribution is -0.142. The van der Waals surface area contributed by atoms with Crippen LogP contribution in [0.4, 0.5) is 26.3 Å². The number of carbonyl (C=O) groups excluding carboxylic acids is 2. The molecule has 0 unspecified atom stereocenters. The maximum atomic E-state index is 14.3. The van der Waals surface area contributed by atoms with Gasteiger partial charge in [-0.25, -0.2) is 13.2 Å². The summed E-state index contributed by atoms with van der Waals surface area (Å²) in [5.41, 5.74) is 4.45. The highest BCUT2D eigenvalue weighted by molar-refractivity contribution is 5.97. The molecule has 0 bridgehead atoms. The first-order valence-electron chi connectivity index (χ1n) is 14.0. The van der Waals surface area contributed by atoms with E-state index in [-0.39, 0.29) is 33.6 Å². The van der Waals surface area contributed by atoms with Crippen molar-refractivity contribution in [3.8, 4) is 11.1 Å². The van der Waals surface area contributed by atoms with Crippen molar-refractivity contribution in [3.63, 3.8) is 0 Å². The van der Waals surface area contributed by atoms with Crippen LogP contribution < -0.4 is 11.1 Å². The van der Waals surface area contributed by atoms with E-state index in [1.807, 2.05) is 0 Å². The van der Waals surface area contributed by atoms with Crippen LogP contribution in [0.3, 0.4) is 0 Å². The summed E-state index contributed by atoms with van der Waals surface area (Å²) in [4.78, 5) is 29.6. The summed E-state index contributed by atoms with van der Waals surface area (Å²) in [5.74, 6) is -4.44. The van der Waals surface area contributed by atoms with Gasteiger partial charge in [-0.1, -0.05) is 12.1 Å². The van der Waals surface area contributed by atoms with Gasteiger partial charge in [-0.2, -0.15) is 18.3 Å². The minimum Gasteiger partial charge on any atom is -0.366 e. The monoisotopic (exact) mass is 625 g/mol. The number of halogens is 6. The van der Waals surface area contributed by atoms with E-state index in [9.17, 15) is 35.9 Å². The number of hydrogen-bond acceptors (Lipinski definition) is 4. The largest absolute Gasteiger partial charge is 0.435 e. The molecule has 0 saturated heterocycles. The highest BCUT2D eigenvalue weighted by atomic mass is 19.4. The van der Waals surface area contributed by atoms with Gasteiger partial charge in [-0.15, -0.1) is 0 Å². The molecular weight excluding hydrogens is 600 g/mol. The van der Waals surface area contributed by atoms with E-state index in [4.69, 9.17) is 5.73 Å². The van der Waals surface area contributed by atoms with E-state index < -0.39 is 58.7 Å². The van der Waals surface area contributed by atoms with Crippen LogP contribution in [0.1, 0.15) is 64.2 Å². The van der Waals surface area contributed by atoms with Crippen molar-refractivity contribution < 1.29 is 35.9 Å². The molecule has 1 saturated carbocycles. The first-order chi connectivity index (χ1) is 21.3. The van der Waals surface area contributed by atoms with Crippen LogP contribution in [-0.2, 0) is 29.4 Å². The third-order valence-electron chi connectivity index (χ3n) is 8.15. The molecule has 4 aromatic rings. The molecule has 1 spiro atoms. The topological polar surface area (TPSA) is 103 Å². The van der Waals surface area contributed by atoms with E-state index in [2.05, 4.69) is 15.4 Å². The highest BCUT2D eigenvalue weighted by Crippen LogP contribution is 2.58. The number of pyridine rings is 1. The molecule has 2 aliphatic carbocycles. The average Bonchev–Trinajstić information content (AvgIpc) is 3.62. The standard InChI is InChI=1S/C32H25F6N5O2/c33-19-11-17(12-20(34)15-19)13-24(28-21(3-2-10-40-28)18-5-6-23(35)22(14-18)30(39)45)41-26(44)16-43-25-4-1-7-31(8-9-31)27(25)29(42-43)32(36,37)38/h2-3,5-6,10-15H,1,4,7-9,16H2,(H2,39,45)(H,41,44)/b24-13-. The SMILES string of the molecule is NC(=O)c1cc(-c2cccnc2/C(=C/c2cc(F)cc(F)c2)NC(=O)Cn2nc(C(F)(F)F)c3c2CCCC32CC2)ccc1F. The second-order valence-electron chi connectivity index (χ2n) is 11.2. The van der Waals surface area contributed by atoms with Crippen molar-refractivity contribution in [3.05, 3.63) is 106 Å². The van der Waals surface area contributed by atoms with Crippen molar-refractivity contribution in [2.75, 3.05) is 0 Å². The van der Waals surface area contributed by atoms with Gasteiger partial charge in [0.25, 0.3) is 5.91 Å². The van der Waals surface area contributed by atoms with Crippen LogP contribution in [0.15, 0.2) is 54.7 Å². The van der Waals surface area contributed by atoms with Gasteiger partial charge in [-0.3, -0.25) is 19.3 Å². The van der Waals surface area contributed by atoms with Crippen LogP contribution in [0.2, 0.25) is 0 Å². The number of benzene rings is 2. The number of alkyl halides is 3. The average molecular weight is 626 g/mol. The Kier molecular flexibility index (Phi) is 7.50. The Balaban J connectivity index is 1.41. The van der Waals surface area contributed by atoms with Crippen molar-refractivity contribution >= 4 is 23.6 Å². The number of aromatic nitrogens is 3. The number of nitrogens with one attached hydrogen (secondary N) is 1. The Bertz CT molecular complexity index is 1860. The zero-order chi connectivity index (χ0) is 32.1. The summed E-state index contributed by atoms with van der Waals surface area (Å²) >= 11 is 0. The zero-order valence-electron chi connectivity index (χ0n) is 23.5. The molecule has 2 heterocycles. The molecule has 6 rings (SSSR count). The number of carbonyl (C=O) groups is 2. The van der Waals surface area contributed by atoms with Crippen LogP contribution >= 0.6 is 0 Å². The molecule has 0 aliphatic heterocycles. The van der Waals surface area contributed by atoms with Crippen LogP contribution in [0.25, 0.3) is 22.9 Å². The molecule has 45 heavy (non-hydrogen) atoms. The van der Waals surface area contributed by atoms with Crippen LogP contribution in [0.5, 0.6) is 0 Å². The molecule has 2 aromatic heterocycles. The maximum absolute atomic E-state index is 14.3. The molecule has 13 heteroatoms. The van der Waals surface area contributed by atoms with E-state index in [0.29, 0.717) is 43.9 Å². The molecule has 7 nitrogen and oxygen atoms in total. The molecule has 2 aromatic carbocycles. The van der Waals surface area contributed by atoms with Crippen LogP contribution in [-0.4, -0.2) is 26.6 Å². The fourth-order valence-corrected chi connectivity index (χ4v) is 6.06. The summed E-state index contributed by atoms with van der Waals surface area (Å²) in [6.45, 7) is -0.576. The lowest BCUT2D eigenvalue weighted by Crippen LogP contribution is -2.29. The minimum atomic E-state index is -4.70. The molecule has 0 atom stereocenters. The smallest absolute Gasteiger partial charge is 0.366 e. The third kappa shape index (κ3) is 5.94. The van der Waals surface area contributed by atoms with Crippen molar-refractivity contribution in [2.45, 2.75) is 50.2 Å². The second-order valence-corrected chi connectivity index (χ2v) is 11.2. The number of nitrogens with zero attached hydrogens (tertiary/aromatic N) is 3. The summed E-state index contributed by atoms with van der Waals surface area (Å²) in [5, 5.41) is 6.47.